The highest BCUT2D eigenvalue weighted by molar-refractivity contribution is 5.94. The summed E-state index contributed by atoms with van der Waals surface area (Å²) >= 11 is 0. The molecule has 1 saturated heterocycles. The smallest absolute Gasteiger partial charge is 0.317 e. The van der Waals surface area contributed by atoms with Crippen molar-refractivity contribution in [3.63, 3.8) is 0 Å². The van der Waals surface area contributed by atoms with Crippen molar-refractivity contribution in [1.29, 1.82) is 0 Å². The zero-order valence-electron chi connectivity index (χ0n) is 15.0. The third kappa shape index (κ3) is 3.96. The maximum Gasteiger partial charge on any atom is 0.317 e. The number of hydrogen-bond acceptors (Lipinski definition) is 4. The molecule has 1 fully saturated rings. The molecule has 0 unspecified atom stereocenters. The van der Waals surface area contributed by atoms with Crippen molar-refractivity contribution >= 4 is 11.9 Å². The van der Waals surface area contributed by atoms with E-state index >= 15 is 0 Å². The number of amides is 3. The third-order valence-corrected chi connectivity index (χ3v) is 4.47. The molecule has 2 aromatic rings. The van der Waals surface area contributed by atoms with E-state index in [4.69, 9.17) is 0 Å². The van der Waals surface area contributed by atoms with Gasteiger partial charge in [-0.15, -0.1) is 0 Å². The zero-order chi connectivity index (χ0) is 18.7. The number of piperazine rings is 1. The van der Waals surface area contributed by atoms with Gasteiger partial charge in [-0.1, -0.05) is 6.07 Å². The molecular weight excluding hydrogens is 334 g/mol. The van der Waals surface area contributed by atoms with Gasteiger partial charge in [-0.2, -0.15) is 5.10 Å². The number of hydrogen-bond donors (Lipinski definition) is 2. The minimum absolute atomic E-state index is 0.0688. The van der Waals surface area contributed by atoms with Crippen molar-refractivity contribution < 1.29 is 14.7 Å². The molecule has 1 aliphatic heterocycles. The minimum Gasteiger partial charge on any atom is -0.508 e. The van der Waals surface area contributed by atoms with Crippen LogP contribution in [-0.4, -0.2) is 62.8 Å². The predicted octanol–water partition coefficient (Wildman–Crippen LogP) is 1.10. The molecule has 8 heteroatoms. The van der Waals surface area contributed by atoms with Gasteiger partial charge in [-0.3, -0.25) is 9.48 Å². The summed E-state index contributed by atoms with van der Waals surface area (Å²) in [5, 5.41) is 16.7. The Balaban J connectivity index is 1.50. The number of rotatable bonds is 3. The molecule has 26 heavy (non-hydrogen) atoms. The van der Waals surface area contributed by atoms with Gasteiger partial charge in [0, 0.05) is 38.8 Å². The van der Waals surface area contributed by atoms with Gasteiger partial charge >= 0.3 is 6.03 Å². The lowest BCUT2D eigenvalue weighted by Crippen LogP contribution is -2.53. The topological polar surface area (TPSA) is 90.7 Å². The molecule has 0 atom stereocenters. The second-order valence-corrected chi connectivity index (χ2v) is 6.39. The first-order valence-corrected chi connectivity index (χ1v) is 8.54. The summed E-state index contributed by atoms with van der Waals surface area (Å²) in [5.41, 5.74) is 2.30. The fourth-order valence-corrected chi connectivity index (χ4v) is 3.04. The molecule has 0 bridgehead atoms. The Morgan fingerprint density at radius 1 is 1.15 bits per heavy atom. The van der Waals surface area contributed by atoms with Gasteiger partial charge in [0.1, 0.15) is 5.75 Å². The second kappa shape index (κ2) is 7.47. The predicted molar refractivity (Wildman–Crippen MR) is 95.8 cm³/mol. The largest absolute Gasteiger partial charge is 0.508 e. The molecule has 0 saturated carbocycles. The quantitative estimate of drug-likeness (QED) is 0.861. The number of nitrogens with one attached hydrogen (secondary N) is 1. The summed E-state index contributed by atoms with van der Waals surface area (Å²) in [6.45, 7) is 4.20. The van der Waals surface area contributed by atoms with Crippen LogP contribution < -0.4 is 5.32 Å². The minimum atomic E-state index is -0.145. The SMILES string of the molecule is Cc1cc(CNC(=O)N2CCN(C(=O)c3cccc(O)c3)CC2)n(C)n1. The lowest BCUT2D eigenvalue weighted by Gasteiger charge is -2.34. The lowest BCUT2D eigenvalue weighted by molar-refractivity contribution is 0.0664. The van der Waals surface area contributed by atoms with E-state index in [1.54, 1.807) is 26.6 Å². The van der Waals surface area contributed by atoms with Crippen molar-refractivity contribution in [1.82, 2.24) is 24.9 Å². The average Bonchev–Trinajstić information content (AvgIpc) is 2.96. The van der Waals surface area contributed by atoms with Crippen LogP contribution in [0.15, 0.2) is 30.3 Å². The maximum atomic E-state index is 12.5. The highest BCUT2D eigenvalue weighted by Crippen LogP contribution is 2.14. The van der Waals surface area contributed by atoms with Crippen molar-refractivity contribution in [2.24, 2.45) is 7.05 Å². The lowest BCUT2D eigenvalue weighted by atomic mass is 10.1. The average molecular weight is 357 g/mol. The van der Waals surface area contributed by atoms with Crippen LogP contribution in [-0.2, 0) is 13.6 Å². The molecular formula is C18H23N5O3. The second-order valence-electron chi connectivity index (χ2n) is 6.39. The molecule has 0 aliphatic carbocycles. The van der Waals surface area contributed by atoms with E-state index in [0.717, 1.165) is 11.4 Å². The Morgan fingerprint density at radius 3 is 2.46 bits per heavy atom. The molecule has 8 nitrogen and oxygen atoms in total. The van der Waals surface area contributed by atoms with Crippen molar-refractivity contribution in [2.75, 3.05) is 26.2 Å². The number of phenolic OH excluding ortho intramolecular Hbond substituents is 1. The number of aromatic nitrogens is 2. The molecule has 1 aromatic carbocycles. The van der Waals surface area contributed by atoms with E-state index in [-0.39, 0.29) is 17.7 Å². The fourth-order valence-electron chi connectivity index (χ4n) is 3.04. The number of aryl methyl sites for hydroxylation is 2. The van der Waals surface area contributed by atoms with Gasteiger partial charge in [0.2, 0.25) is 0 Å². The normalized spacial score (nSPS) is 14.4. The monoisotopic (exact) mass is 357 g/mol. The highest BCUT2D eigenvalue weighted by Gasteiger charge is 2.25. The number of urea groups is 1. The zero-order valence-corrected chi connectivity index (χ0v) is 15.0. The van der Waals surface area contributed by atoms with E-state index in [2.05, 4.69) is 10.4 Å². The number of carbonyl (C=O) groups is 2. The first kappa shape index (κ1) is 17.8. The van der Waals surface area contributed by atoms with Crippen LogP contribution >= 0.6 is 0 Å². The third-order valence-electron chi connectivity index (χ3n) is 4.47. The maximum absolute atomic E-state index is 12.5. The molecule has 3 amide bonds. The van der Waals surface area contributed by atoms with Crippen LogP contribution in [0.2, 0.25) is 0 Å². The van der Waals surface area contributed by atoms with E-state index in [0.29, 0.717) is 38.3 Å². The standard InChI is InChI=1S/C18H23N5O3/c1-13-10-15(21(2)20-13)12-19-18(26)23-8-6-22(7-9-23)17(25)14-4-3-5-16(24)11-14/h3-5,10-11,24H,6-9,12H2,1-2H3,(H,19,26). The molecule has 1 aromatic heterocycles. The molecule has 138 valence electrons. The number of aromatic hydroxyl groups is 1. The first-order valence-electron chi connectivity index (χ1n) is 8.54. The summed E-state index contributed by atoms with van der Waals surface area (Å²) in [5.74, 6) is -0.0643. The Labute approximate surface area is 152 Å². The number of nitrogens with zero attached hydrogens (tertiary/aromatic N) is 4. The van der Waals surface area contributed by atoms with Crippen molar-refractivity contribution in [3.8, 4) is 5.75 Å². The van der Waals surface area contributed by atoms with Gasteiger partial charge in [0.05, 0.1) is 17.9 Å². The summed E-state index contributed by atoms with van der Waals surface area (Å²) < 4.78 is 1.75. The number of benzene rings is 1. The van der Waals surface area contributed by atoms with E-state index in [1.165, 1.54) is 12.1 Å². The first-order chi connectivity index (χ1) is 12.4. The Morgan fingerprint density at radius 2 is 1.85 bits per heavy atom. The van der Waals surface area contributed by atoms with Gasteiger partial charge in [0.25, 0.3) is 5.91 Å². The van der Waals surface area contributed by atoms with Gasteiger partial charge in [-0.25, -0.2) is 4.79 Å². The van der Waals surface area contributed by atoms with E-state index in [1.807, 2.05) is 20.0 Å². The van der Waals surface area contributed by atoms with Crippen LogP contribution in [0, 0.1) is 6.92 Å². The molecule has 2 heterocycles. The van der Waals surface area contributed by atoms with Crippen LogP contribution in [0.3, 0.4) is 0 Å². The van der Waals surface area contributed by atoms with Crippen molar-refractivity contribution in [2.45, 2.75) is 13.5 Å². The molecule has 3 rings (SSSR count). The van der Waals surface area contributed by atoms with Crippen LogP contribution in [0.25, 0.3) is 0 Å². The number of phenols is 1. The van der Waals surface area contributed by atoms with Crippen molar-refractivity contribution in [3.05, 3.63) is 47.3 Å². The molecule has 2 N–H and O–H groups in total. The highest BCUT2D eigenvalue weighted by atomic mass is 16.3. The fraction of sp³-hybridized carbons (Fsp3) is 0.389. The van der Waals surface area contributed by atoms with Crippen LogP contribution in [0.1, 0.15) is 21.7 Å². The van der Waals surface area contributed by atoms with E-state index in [9.17, 15) is 14.7 Å². The summed E-state index contributed by atoms with van der Waals surface area (Å²) in [6, 6.07) is 8.10. The Hall–Kier alpha value is -3.03. The van der Waals surface area contributed by atoms with Gasteiger partial charge in [-0.05, 0) is 31.2 Å². The summed E-state index contributed by atoms with van der Waals surface area (Å²) in [4.78, 5) is 28.2. The summed E-state index contributed by atoms with van der Waals surface area (Å²) in [6.07, 6.45) is 0. The van der Waals surface area contributed by atoms with Gasteiger partial charge < -0.3 is 20.2 Å². The van der Waals surface area contributed by atoms with Crippen LogP contribution in [0.4, 0.5) is 4.79 Å². The van der Waals surface area contributed by atoms with E-state index < -0.39 is 0 Å². The van der Waals surface area contributed by atoms with Crippen LogP contribution in [0.5, 0.6) is 5.75 Å². The molecule has 1 aliphatic rings. The molecule has 0 spiro atoms. The Bertz CT molecular complexity index is 809. The molecule has 0 radical (unpaired) electrons. The van der Waals surface area contributed by atoms with Gasteiger partial charge in [0.15, 0.2) is 0 Å². The number of carbonyl (C=O) groups excluding carboxylic acids is 2. The summed E-state index contributed by atoms with van der Waals surface area (Å²) in [7, 11) is 1.85. The Kier molecular flexibility index (Phi) is 5.11.